The van der Waals surface area contributed by atoms with Crippen molar-refractivity contribution in [2.45, 2.75) is 20.0 Å². The van der Waals surface area contributed by atoms with Gasteiger partial charge in [-0.15, -0.1) is 0 Å². The highest BCUT2D eigenvalue weighted by Crippen LogP contribution is 2.24. The molecule has 4 nitrogen and oxygen atoms in total. The van der Waals surface area contributed by atoms with Crippen LogP contribution in [0.5, 0.6) is 5.75 Å². The largest absolute Gasteiger partial charge is 0.491 e. The number of carbonyl (C=O) groups excluding carboxylic acids is 1. The molecular formula is C14H15NO3. The van der Waals surface area contributed by atoms with E-state index in [0.29, 0.717) is 5.76 Å². The number of benzene rings is 1. The third-order valence-corrected chi connectivity index (χ3v) is 2.36. The van der Waals surface area contributed by atoms with E-state index in [1.807, 2.05) is 38.1 Å². The van der Waals surface area contributed by atoms with Crippen molar-refractivity contribution in [1.29, 1.82) is 0 Å². The zero-order valence-electron chi connectivity index (χ0n) is 10.3. The monoisotopic (exact) mass is 245 g/mol. The molecule has 0 atom stereocenters. The van der Waals surface area contributed by atoms with Gasteiger partial charge in [0.15, 0.2) is 5.76 Å². The molecule has 0 saturated carbocycles. The second kappa shape index (κ2) is 4.96. The molecule has 1 amide bonds. The van der Waals surface area contributed by atoms with Crippen LogP contribution in [0.3, 0.4) is 0 Å². The van der Waals surface area contributed by atoms with Crippen molar-refractivity contribution < 1.29 is 13.9 Å². The average molecular weight is 245 g/mol. The molecule has 2 rings (SSSR count). The first kappa shape index (κ1) is 12.2. The molecule has 0 aliphatic rings. The van der Waals surface area contributed by atoms with Gasteiger partial charge in [0.05, 0.1) is 6.10 Å². The lowest BCUT2D eigenvalue weighted by atomic mass is 10.2. The summed E-state index contributed by atoms with van der Waals surface area (Å²) < 4.78 is 10.9. The second-order valence-corrected chi connectivity index (χ2v) is 4.22. The van der Waals surface area contributed by atoms with E-state index in [2.05, 4.69) is 0 Å². The minimum Gasteiger partial charge on any atom is -0.491 e. The average Bonchev–Trinajstić information content (AvgIpc) is 2.78. The normalized spacial score (nSPS) is 10.6. The van der Waals surface area contributed by atoms with Gasteiger partial charge in [-0.05, 0) is 50.2 Å². The molecular weight excluding hydrogens is 230 g/mol. The number of ether oxygens (including phenoxy) is 1. The Morgan fingerprint density at radius 1 is 1.17 bits per heavy atom. The molecule has 1 aromatic carbocycles. The summed E-state index contributed by atoms with van der Waals surface area (Å²) in [5.74, 6) is 1.00. The molecule has 2 aromatic rings. The minimum atomic E-state index is -0.569. The highest BCUT2D eigenvalue weighted by atomic mass is 16.5. The van der Waals surface area contributed by atoms with Gasteiger partial charge >= 0.3 is 0 Å². The first-order valence-corrected chi connectivity index (χ1v) is 5.73. The van der Waals surface area contributed by atoms with Crippen LogP contribution in [0, 0.1) is 0 Å². The lowest BCUT2D eigenvalue weighted by Crippen LogP contribution is -2.09. The lowest BCUT2D eigenvalue weighted by molar-refractivity contribution is 0.0974. The molecule has 1 heterocycles. The third-order valence-electron chi connectivity index (χ3n) is 2.36. The van der Waals surface area contributed by atoms with Gasteiger partial charge in [-0.25, -0.2) is 0 Å². The molecule has 1 aromatic heterocycles. The number of furan rings is 1. The Morgan fingerprint density at radius 3 is 2.33 bits per heavy atom. The Hall–Kier alpha value is -2.23. The van der Waals surface area contributed by atoms with Crippen LogP contribution in [-0.2, 0) is 0 Å². The lowest BCUT2D eigenvalue weighted by Gasteiger charge is -2.09. The zero-order valence-corrected chi connectivity index (χ0v) is 10.3. The highest BCUT2D eigenvalue weighted by Gasteiger charge is 2.08. The molecule has 0 spiro atoms. The van der Waals surface area contributed by atoms with Crippen molar-refractivity contribution in [2.24, 2.45) is 5.73 Å². The fourth-order valence-corrected chi connectivity index (χ4v) is 1.60. The van der Waals surface area contributed by atoms with Gasteiger partial charge in [0.1, 0.15) is 11.5 Å². The van der Waals surface area contributed by atoms with Crippen molar-refractivity contribution in [3.63, 3.8) is 0 Å². The molecule has 0 aliphatic heterocycles. The second-order valence-electron chi connectivity index (χ2n) is 4.22. The van der Waals surface area contributed by atoms with Crippen LogP contribution in [0.1, 0.15) is 24.4 Å². The maximum absolute atomic E-state index is 10.9. The molecule has 0 bridgehead atoms. The van der Waals surface area contributed by atoms with E-state index >= 15 is 0 Å². The highest BCUT2D eigenvalue weighted by molar-refractivity contribution is 5.90. The topological polar surface area (TPSA) is 65.5 Å². The van der Waals surface area contributed by atoms with E-state index < -0.39 is 5.91 Å². The number of rotatable bonds is 4. The van der Waals surface area contributed by atoms with Crippen molar-refractivity contribution in [3.8, 4) is 17.1 Å². The van der Waals surface area contributed by atoms with Gasteiger partial charge in [0.25, 0.3) is 5.91 Å². The molecule has 4 heteroatoms. The Labute approximate surface area is 105 Å². The fraction of sp³-hybridized carbons (Fsp3) is 0.214. The third kappa shape index (κ3) is 2.71. The summed E-state index contributed by atoms with van der Waals surface area (Å²) in [7, 11) is 0. The van der Waals surface area contributed by atoms with Crippen molar-refractivity contribution >= 4 is 5.91 Å². The quantitative estimate of drug-likeness (QED) is 0.900. The van der Waals surface area contributed by atoms with E-state index in [0.717, 1.165) is 11.3 Å². The van der Waals surface area contributed by atoms with E-state index in [9.17, 15) is 4.79 Å². The molecule has 0 fully saturated rings. The predicted octanol–water partition coefficient (Wildman–Crippen LogP) is 2.83. The zero-order chi connectivity index (χ0) is 13.1. The van der Waals surface area contributed by atoms with Gasteiger partial charge in [-0.3, -0.25) is 4.79 Å². The molecule has 0 radical (unpaired) electrons. The number of nitrogens with two attached hydrogens (primary N) is 1. The van der Waals surface area contributed by atoms with E-state index in [4.69, 9.17) is 14.9 Å². The summed E-state index contributed by atoms with van der Waals surface area (Å²) in [5, 5.41) is 0. The van der Waals surface area contributed by atoms with E-state index in [1.165, 1.54) is 0 Å². The fourth-order valence-electron chi connectivity index (χ4n) is 1.60. The predicted molar refractivity (Wildman–Crippen MR) is 68.4 cm³/mol. The Balaban J connectivity index is 2.20. The maximum Gasteiger partial charge on any atom is 0.284 e. The molecule has 0 saturated heterocycles. The van der Waals surface area contributed by atoms with Gasteiger partial charge in [-0.1, -0.05) is 0 Å². The van der Waals surface area contributed by atoms with Crippen LogP contribution in [0.15, 0.2) is 40.8 Å². The summed E-state index contributed by atoms with van der Waals surface area (Å²) >= 11 is 0. The van der Waals surface area contributed by atoms with Gasteiger partial charge in [0, 0.05) is 5.56 Å². The maximum atomic E-state index is 10.9. The van der Waals surface area contributed by atoms with Crippen LogP contribution in [-0.4, -0.2) is 12.0 Å². The Morgan fingerprint density at radius 2 is 1.83 bits per heavy atom. The van der Waals surface area contributed by atoms with Crippen molar-refractivity contribution in [3.05, 3.63) is 42.2 Å². The van der Waals surface area contributed by atoms with Crippen molar-refractivity contribution in [1.82, 2.24) is 0 Å². The number of carbonyl (C=O) groups is 1. The number of hydrogen-bond donors (Lipinski definition) is 1. The number of amides is 1. The van der Waals surface area contributed by atoms with Crippen LogP contribution in [0.4, 0.5) is 0 Å². The molecule has 0 aliphatic carbocycles. The summed E-state index contributed by atoms with van der Waals surface area (Å²) in [4.78, 5) is 10.9. The molecule has 94 valence electrons. The first-order valence-electron chi connectivity index (χ1n) is 5.73. The van der Waals surface area contributed by atoms with E-state index in [-0.39, 0.29) is 11.9 Å². The number of primary amides is 1. The van der Waals surface area contributed by atoms with E-state index in [1.54, 1.807) is 12.1 Å². The van der Waals surface area contributed by atoms with Crippen LogP contribution < -0.4 is 10.5 Å². The Bertz CT molecular complexity index is 540. The van der Waals surface area contributed by atoms with Crippen molar-refractivity contribution in [2.75, 3.05) is 0 Å². The van der Waals surface area contributed by atoms with Crippen LogP contribution in [0.25, 0.3) is 11.3 Å². The molecule has 2 N–H and O–H groups in total. The SMILES string of the molecule is CC(C)Oc1ccc(-c2ccc(C(N)=O)o2)cc1. The Kier molecular flexibility index (Phi) is 3.37. The molecule has 18 heavy (non-hydrogen) atoms. The van der Waals surface area contributed by atoms with Gasteiger partial charge in [-0.2, -0.15) is 0 Å². The standard InChI is InChI=1S/C14H15NO3/c1-9(2)17-11-5-3-10(4-6-11)12-7-8-13(18-12)14(15)16/h3-9H,1-2H3,(H2,15,16). The summed E-state index contributed by atoms with van der Waals surface area (Å²) in [5.41, 5.74) is 6.01. The van der Waals surface area contributed by atoms with Crippen LogP contribution >= 0.6 is 0 Å². The summed E-state index contributed by atoms with van der Waals surface area (Å²) in [6.07, 6.45) is 0.140. The van der Waals surface area contributed by atoms with Gasteiger partial charge < -0.3 is 14.9 Å². The number of hydrogen-bond acceptors (Lipinski definition) is 3. The first-order chi connectivity index (χ1) is 8.56. The summed E-state index contributed by atoms with van der Waals surface area (Å²) in [6.45, 7) is 3.94. The summed E-state index contributed by atoms with van der Waals surface area (Å²) in [6, 6.07) is 10.8. The van der Waals surface area contributed by atoms with Gasteiger partial charge in [0.2, 0.25) is 0 Å². The minimum absolute atomic E-state index is 0.140. The smallest absolute Gasteiger partial charge is 0.284 e. The van der Waals surface area contributed by atoms with Crippen LogP contribution in [0.2, 0.25) is 0 Å². The molecule has 0 unspecified atom stereocenters.